The van der Waals surface area contributed by atoms with E-state index in [4.69, 9.17) is 0 Å². The van der Waals surface area contributed by atoms with Gasteiger partial charge in [0.1, 0.15) is 11.9 Å². The molecule has 0 radical (unpaired) electrons. The van der Waals surface area contributed by atoms with Crippen molar-refractivity contribution < 1.29 is 17.6 Å². The van der Waals surface area contributed by atoms with Gasteiger partial charge in [-0.1, -0.05) is 18.6 Å². The average molecular weight is 397 g/mol. The van der Waals surface area contributed by atoms with E-state index in [2.05, 4.69) is 10.3 Å². The molecule has 3 rings (SSSR count). The van der Waals surface area contributed by atoms with Crippen LogP contribution in [0.4, 0.5) is 9.52 Å². The summed E-state index contributed by atoms with van der Waals surface area (Å²) < 4.78 is 38.3. The Morgan fingerprint density at radius 1 is 1.42 bits per heavy atom. The first-order valence-corrected chi connectivity index (χ1v) is 11.0. The average Bonchev–Trinajstić information content (AvgIpc) is 3.01. The fraction of sp³-hybridized carbons (Fsp3) is 0.412. The first-order chi connectivity index (χ1) is 12.3. The Morgan fingerprint density at radius 3 is 2.96 bits per heavy atom. The zero-order chi connectivity index (χ0) is 18.7. The molecule has 1 aliphatic rings. The predicted molar refractivity (Wildman–Crippen MR) is 99.1 cm³/mol. The fourth-order valence-corrected chi connectivity index (χ4v) is 5.02. The van der Waals surface area contributed by atoms with E-state index in [9.17, 15) is 17.6 Å². The molecule has 0 saturated carbocycles. The summed E-state index contributed by atoms with van der Waals surface area (Å²) in [7, 11) is -3.43. The van der Waals surface area contributed by atoms with Crippen LogP contribution in [0.15, 0.2) is 30.5 Å². The number of hydrogen-bond donors (Lipinski definition) is 1. The van der Waals surface area contributed by atoms with Gasteiger partial charge in [0.25, 0.3) is 0 Å². The highest BCUT2D eigenvalue weighted by Crippen LogP contribution is 2.24. The van der Waals surface area contributed by atoms with Crippen LogP contribution in [0.25, 0.3) is 0 Å². The van der Waals surface area contributed by atoms with Crippen molar-refractivity contribution in [1.82, 2.24) is 9.29 Å². The molecule has 1 aromatic carbocycles. The first-order valence-electron chi connectivity index (χ1n) is 8.30. The minimum Gasteiger partial charge on any atom is -0.301 e. The Morgan fingerprint density at radius 2 is 2.23 bits per heavy atom. The summed E-state index contributed by atoms with van der Waals surface area (Å²) in [5.41, 5.74) is 0.821. The van der Waals surface area contributed by atoms with E-state index in [1.807, 2.05) is 6.07 Å². The molecule has 9 heteroatoms. The third-order valence-electron chi connectivity index (χ3n) is 4.23. The second-order valence-corrected chi connectivity index (χ2v) is 9.36. The van der Waals surface area contributed by atoms with Crippen LogP contribution in [-0.4, -0.2) is 42.5 Å². The number of anilines is 1. The molecule has 140 valence electrons. The lowest BCUT2D eigenvalue weighted by Gasteiger charge is -2.32. The lowest BCUT2D eigenvalue weighted by Crippen LogP contribution is -2.49. The van der Waals surface area contributed by atoms with Crippen molar-refractivity contribution in [2.45, 2.75) is 31.7 Å². The number of aromatic nitrogens is 1. The second kappa shape index (κ2) is 7.81. The maximum Gasteiger partial charge on any atom is 0.244 e. The highest BCUT2D eigenvalue weighted by Gasteiger charge is 2.34. The molecule has 2 heterocycles. The van der Waals surface area contributed by atoms with Crippen molar-refractivity contribution in [2.75, 3.05) is 18.1 Å². The van der Waals surface area contributed by atoms with Crippen LogP contribution >= 0.6 is 11.3 Å². The number of amides is 1. The molecule has 1 atom stereocenters. The number of nitrogens with zero attached hydrogens (tertiary/aromatic N) is 2. The molecule has 0 unspecified atom stereocenters. The van der Waals surface area contributed by atoms with E-state index >= 15 is 0 Å². The van der Waals surface area contributed by atoms with Crippen LogP contribution in [0.5, 0.6) is 0 Å². The van der Waals surface area contributed by atoms with Crippen molar-refractivity contribution in [1.29, 1.82) is 0 Å². The topological polar surface area (TPSA) is 79.4 Å². The number of sulfonamides is 1. The number of hydrogen-bond acceptors (Lipinski definition) is 5. The molecule has 2 aromatic rings. The van der Waals surface area contributed by atoms with Crippen molar-refractivity contribution in [3.63, 3.8) is 0 Å². The molecule has 0 bridgehead atoms. The molecule has 1 fully saturated rings. The van der Waals surface area contributed by atoms with Crippen LogP contribution in [0.3, 0.4) is 0 Å². The number of benzene rings is 1. The number of halogens is 1. The van der Waals surface area contributed by atoms with Gasteiger partial charge in [-0.25, -0.2) is 17.8 Å². The number of carbonyl (C=O) groups excluding carboxylic acids is 1. The summed E-state index contributed by atoms with van der Waals surface area (Å²) in [5.74, 6) is -0.652. The van der Waals surface area contributed by atoms with Crippen molar-refractivity contribution in [3.8, 4) is 0 Å². The summed E-state index contributed by atoms with van der Waals surface area (Å²) in [4.78, 5) is 17.6. The third-order valence-corrected chi connectivity index (χ3v) is 6.44. The summed E-state index contributed by atoms with van der Waals surface area (Å²) in [6.45, 7) is 0.361. The second-order valence-electron chi connectivity index (χ2n) is 6.31. The maximum atomic E-state index is 13.3. The minimum atomic E-state index is -3.43. The van der Waals surface area contributed by atoms with Gasteiger partial charge < -0.3 is 5.32 Å². The van der Waals surface area contributed by atoms with Gasteiger partial charge in [-0.15, -0.1) is 11.3 Å². The SMILES string of the molecule is CS(=O)(=O)N1CCCC[C@@H]1C(=O)Nc1ncc(Cc2cccc(F)c2)s1. The molecule has 0 aliphatic carbocycles. The van der Waals surface area contributed by atoms with Gasteiger partial charge in [-0.3, -0.25) is 4.79 Å². The smallest absolute Gasteiger partial charge is 0.244 e. The van der Waals surface area contributed by atoms with Gasteiger partial charge in [0.05, 0.1) is 6.26 Å². The number of nitrogens with one attached hydrogen (secondary N) is 1. The van der Waals surface area contributed by atoms with Crippen molar-refractivity contribution in [3.05, 3.63) is 46.7 Å². The molecule has 1 aromatic heterocycles. The van der Waals surface area contributed by atoms with E-state index < -0.39 is 16.1 Å². The predicted octanol–water partition coefficient (Wildman–Crippen LogP) is 2.63. The molecular weight excluding hydrogens is 377 g/mol. The lowest BCUT2D eigenvalue weighted by molar-refractivity contribution is -0.120. The minimum absolute atomic E-state index is 0.293. The number of piperidine rings is 1. The zero-order valence-electron chi connectivity index (χ0n) is 14.3. The van der Waals surface area contributed by atoms with E-state index in [-0.39, 0.29) is 11.7 Å². The Bertz CT molecular complexity index is 898. The van der Waals surface area contributed by atoms with Crippen molar-refractivity contribution >= 4 is 32.4 Å². The van der Waals surface area contributed by atoms with E-state index in [0.717, 1.165) is 29.5 Å². The molecule has 1 amide bonds. The normalized spacial score (nSPS) is 18.6. The molecule has 26 heavy (non-hydrogen) atoms. The van der Waals surface area contributed by atoms with Gasteiger partial charge in [0.2, 0.25) is 15.9 Å². The van der Waals surface area contributed by atoms with Gasteiger partial charge in [-0.05, 0) is 30.5 Å². The van der Waals surface area contributed by atoms with Crippen LogP contribution in [0.2, 0.25) is 0 Å². The summed E-state index contributed by atoms with van der Waals surface area (Å²) in [6.07, 6.45) is 5.35. The molecule has 6 nitrogen and oxygen atoms in total. The van der Waals surface area contributed by atoms with Gasteiger partial charge in [-0.2, -0.15) is 4.31 Å². The summed E-state index contributed by atoms with van der Waals surface area (Å²) >= 11 is 1.30. The monoisotopic (exact) mass is 397 g/mol. The highest BCUT2D eigenvalue weighted by molar-refractivity contribution is 7.88. The lowest BCUT2D eigenvalue weighted by atomic mass is 10.0. The largest absolute Gasteiger partial charge is 0.301 e. The summed E-state index contributed by atoms with van der Waals surface area (Å²) in [6, 6.07) is 5.63. The quantitative estimate of drug-likeness (QED) is 0.841. The number of thiazole rings is 1. The highest BCUT2D eigenvalue weighted by atomic mass is 32.2. The first kappa shape index (κ1) is 18.9. The summed E-state index contributed by atoms with van der Waals surface area (Å²) in [5, 5.41) is 3.14. The molecule has 1 aliphatic heterocycles. The van der Waals surface area contributed by atoms with Crippen LogP contribution in [0, 0.1) is 5.82 Å². The van der Waals surface area contributed by atoms with Gasteiger partial charge in [0.15, 0.2) is 5.13 Å². The van der Waals surface area contributed by atoms with Crippen molar-refractivity contribution in [2.24, 2.45) is 0 Å². The molecule has 0 spiro atoms. The fourth-order valence-electron chi connectivity index (χ4n) is 3.05. The van der Waals surface area contributed by atoms with Gasteiger partial charge in [0, 0.05) is 24.0 Å². The molecular formula is C17H20FN3O3S2. The number of carbonyl (C=O) groups is 1. The Kier molecular flexibility index (Phi) is 5.69. The Hall–Kier alpha value is -1.84. The molecule has 1 N–H and O–H groups in total. The van der Waals surface area contributed by atoms with Crippen LogP contribution < -0.4 is 5.32 Å². The van der Waals surface area contributed by atoms with Crippen LogP contribution in [-0.2, 0) is 21.2 Å². The molecule has 1 saturated heterocycles. The van der Waals surface area contributed by atoms with E-state index in [1.54, 1.807) is 12.3 Å². The maximum absolute atomic E-state index is 13.3. The van der Waals surface area contributed by atoms with E-state index in [1.165, 1.54) is 27.8 Å². The van der Waals surface area contributed by atoms with Gasteiger partial charge >= 0.3 is 0 Å². The Labute approximate surface area is 156 Å². The zero-order valence-corrected chi connectivity index (χ0v) is 15.9. The Balaban J connectivity index is 1.67. The standard InChI is InChI=1S/C17H20FN3O3S2/c1-26(23,24)21-8-3-2-7-15(21)16(22)20-17-19-11-14(25-17)10-12-5-4-6-13(18)9-12/h4-6,9,11,15H,2-3,7-8,10H2,1H3,(H,19,20,22)/t15-/m1/s1. The van der Waals surface area contributed by atoms with Crippen LogP contribution in [0.1, 0.15) is 29.7 Å². The van der Waals surface area contributed by atoms with E-state index in [0.29, 0.717) is 24.5 Å². The third kappa shape index (κ3) is 4.66. The number of rotatable bonds is 5.